The van der Waals surface area contributed by atoms with Crippen LogP contribution in [0.5, 0.6) is 0 Å². The van der Waals surface area contributed by atoms with Crippen molar-refractivity contribution in [3.63, 3.8) is 0 Å². The van der Waals surface area contributed by atoms with Crippen LogP contribution in [0.4, 0.5) is 0 Å². The van der Waals surface area contributed by atoms with Gasteiger partial charge >= 0.3 is 5.97 Å². The van der Waals surface area contributed by atoms with Crippen molar-refractivity contribution in [1.29, 1.82) is 0 Å². The fraction of sp³-hybridized carbons (Fsp3) is 0.889. The molecule has 0 aromatic rings. The lowest BCUT2D eigenvalue weighted by Gasteiger charge is -2.26. The second-order valence-corrected chi connectivity index (χ2v) is 5.70. The number of carboxylic acids is 1. The third kappa shape index (κ3) is 2.88. The Labute approximate surface area is 83.3 Å². The summed E-state index contributed by atoms with van der Waals surface area (Å²) in [5.41, 5.74) is 0. The topological polar surface area (TPSA) is 49.3 Å². The van der Waals surface area contributed by atoms with Gasteiger partial charge in [0, 0.05) is 5.75 Å². The first-order chi connectivity index (χ1) is 5.93. The molecule has 0 spiro atoms. The van der Waals surface area contributed by atoms with Crippen molar-refractivity contribution in [2.24, 2.45) is 5.92 Å². The fourth-order valence-electron chi connectivity index (χ4n) is 1.75. The molecule has 2 atom stereocenters. The van der Waals surface area contributed by atoms with Crippen LogP contribution in [-0.4, -0.2) is 27.7 Å². The van der Waals surface area contributed by atoms with Gasteiger partial charge in [0.15, 0.2) is 0 Å². The molecular formula is C9H17NO2S. The maximum atomic E-state index is 10.7. The Bertz CT molecular complexity index is 208. The van der Waals surface area contributed by atoms with Crippen molar-refractivity contribution in [1.82, 2.24) is 5.32 Å². The summed E-state index contributed by atoms with van der Waals surface area (Å²) >= 11 is 1.72. The number of thioether (sulfide) groups is 1. The van der Waals surface area contributed by atoms with E-state index in [-0.39, 0.29) is 10.9 Å². The highest BCUT2D eigenvalue weighted by Gasteiger charge is 2.38. The largest absolute Gasteiger partial charge is 0.480 e. The van der Waals surface area contributed by atoms with Crippen molar-refractivity contribution in [2.45, 2.75) is 38.1 Å². The van der Waals surface area contributed by atoms with E-state index in [4.69, 9.17) is 5.11 Å². The van der Waals surface area contributed by atoms with Crippen LogP contribution in [0.1, 0.15) is 27.2 Å². The maximum Gasteiger partial charge on any atom is 0.321 e. The second kappa shape index (κ2) is 3.88. The number of carbonyl (C=O) groups is 1. The molecule has 0 saturated carbocycles. The fourth-order valence-corrected chi connectivity index (χ4v) is 3.19. The zero-order chi connectivity index (χ0) is 10.1. The molecule has 1 rings (SSSR count). The Hall–Kier alpha value is -0.220. The molecule has 1 saturated heterocycles. The quantitative estimate of drug-likeness (QED) is 0.730. The van der Waals surface area contributed by atoms with Crippen molar-refractivity contribution in [3.05, 3.63) is 0 Å². The van der Waals surface area contributed by atoms with Crippen LogP contribution in [0.3, 0.4) is 0 Å². The third-order valence-electron chi connectivity index (χ3n) is 2.14. The zero-order valence-electron chi connectivity index (χ0n) is 8.33. The van der Waals surface area contributed by atoms with Crippen LogP contribution >= 0.6 is 11.8 Å². The Morgan fingerprint density at radius 2 is 2.38 bits per heavy atom. The van der Waals surface area contributed by atoms with E-state index in [1.807, 2.05) is 0 Å². The molecule has 1 unspecified atom stereocenters. The third-order valence-corrected chi connectivity index (χ3v) is 3.57. The first kappa shape index (κ1) is 10.9. The Kier molecular flexibility index (Phi) is 3.24. The highest BCUT2D eigenvalue weighted by molar-refractivity contribution is 8.00. The van der Waals surface area contributed by atoms with Gasteiger partial charge in [-0.1, -0.05) is 13.8 Å². The van der Waals surface area contributed by atoms with Crippen LogP contribution < -0.4 is 5.32 Å². The molecule has 13 heavy (non-hydrogen) atoms. The normalized spacial score (nSPS) is 34.0. The zero-order valence-corrected chi connectivity index (χ0v) is 9.15. The number of hydrogen-bond acceptors (Lipinski definition) is 3. The summed E-state index contributed by atoms with van der Waals surface area (Å²) in [7, 11) is 0. The van der Waals surface area contributed by atoms with Gasteiger partial charge in [0.25, 0.3) is 0 Å². The van der Waals surface area contributed by atoms with Gasteiger partial charge in [-0.2, -0.15) is 0 Å². The minimum Gasteiger partial charge on any atom is -0.480 e. The Morgan fingerprint density at radius 3 is 2.77 bits per heavy atom. The summed E-state index contributed by atoms with van der Waals surface area (Å²) in [4.78, 5) is 10.7. The summed E-state index contributed by atoms with van der Waals surface area (Å²) < 4.78 is 0. The van der Waals surface area contributed by atoms with Gasteiger partial charge in [0.1, 0.15) is 6.04 Å². The molecule has 0 aliphatic carbocycles. The van der Waals surface area contributed by atoms with E-state index >= 15 is 0 Å². The van der Waals surface area contributed by atoms with E-state index in [0.717, 1.165) is 6.42 Å². The molecule has 76 valence electrons. The molecule has 4 heteroatoms. The maximum absolute atomic E-state index is 10.7. The molecule has 0 bridgehead atoms. The highest BCUT2D eigenvalue weighted by atomic mass is 32.2. The highest BCUT2D eigenvalue weighted by Crippen LogP contribution is 2.35. The standard InChI is InChI=1S/C9H17NO2S/c1-6(2)4-9(3)10-7(5-13-9)8(11)12/h6-7,10H,4-5H2,1-3H3,(H,11,12)/t7-,9?/m0/s1. The second-order valence-electron chi connectivity index (χ2n) is 4.17. The average molecular weight is 203 g/mol. The summed E-state index contributed by atoms with van der Waals surface area (Å²) in [6.07, 6.45) is 1.02. The van der Waals surface area contributed by atoms with E-state index in [2.05, 4.69) is 26.1 Å². The number of nitrogens with one attached hydrogen (secondary N) is 1. The molecule has 1 aliphatic rings. The van der Waals surface area contributed by atoms with E-state index in [1.165, 1.54) is 0 Å². The van der Waals surface area contributed by atoms with Crippen molar-refractivity contribution in [2.75, 3.05) is 5.75 Å². The molecular weight excluding hydrogens is 186 g/mol. The lowest BCUT2D eigenvalue weighted by atomic mass is 10.0. The van der Waals surface area contributed by atoms with Crippen molar-refractivity contribution < 1.29 is 9.90 Å². The Balaban J connectivity index is 2.51. The van der Waals surface area contributed by atoms with Crippen LogP contribution in [0, 0.1) is 5.92 Å². The molecule has 1 fully saturated rings. The molecule has 3 nitrogen and oxygen atoms in total. The molecule has 0 aromatic heterocycles. The molecule has 0 radical (unpaired) electrons. The summed E-state index contributed by atoms with van der Waals surface area (Å²) in [5.74, 6) is 0.538. The molecule has 0 amide bonds. The average Bonchev–Trinajstić information content (AvgIpc) is 2.29. The predicted octanol–water partition coefficient (Wildman–Crippen LogP) is 1.54. The van der Waals surface area contributed by atoms with Gasteiger partial charge in [-0.25, -0.2) is 0 Å². The lowest BCUT2D eigenvalue weighted by molar-refractivity contribution is -0.138. The van der Waals surface area contributed by atoms with Gasteiger partial charge in [-0.15, -0.1) is 11.8 Å². The van der Waals surface area contributed by atoms with Crippen LogP contribution in [0.15, 0.2) is 0 Å². The minimum absolute atomic E-state index is 0.0444. The Morgan fingerprint density at radius 1 is 1.77 bits per heavy atom. The van der Waals surface area contributed by atoms with Gasteiger partial charge in [0.05, 0.1) is 4.87 Å². The van der Waals surface area contributed by atoms with Gasteiger partial charge < -0.3 is 5.11 Å². The number of hydrogen-bond donors (Lipinski definition) is 2. The number of carboxylic acid groups (broad SMARTS) is 1. The van der Waals surface area contributed by atoms with Crippen LogP contribution in [-0.2, 0) is 4.79 Å². The van der Waals surface area contributed by atoms with Gasteiger partial charge in [-0.05, 0) is 19.3 Å². The lowest BCUT2D eigenvalue weighted by Crippen LogP contribution is -2.43. The smallest absolute Gasteiger partial charge is 0.321 e. The number of rotatable bonds is 3. The summed E-state index contributed by atoms with van der Waals surface area (Å²) in [6.45, 7) is 6.39. The van der Waals surface area contributed by atoms with Crippen LogP contribution in [0.25, 0.3) is 0 Å². The van der Waals surface area contributed by atoms with E-state index in [0.29, 0.717) is 11.7 Å². The van der Waals surface area contributed by atoms with Gasteiger partial charge in [-0.3, -0.25) is 10.1 Å². The summed E-state index contributed by atoms with van der Waals surface area (Å²) in [5, 5.41) is 12.0. The van der Waals surface area contributed by atoms with Crippen molar-refractivity contribution >= 4 is 17.7 Å². The van der Waals surface area contributed by atoms with Crippen molar-refractivity contribution in [3.8, 4) is 0 Å². The van der Waals surface area contributed by atoms with Crippen LogP contribution in [0.2, 0.25) is 0 Å². The minimum atomic E-state index is -0.736. The van der Waals surface area contributed by atoms with E-state index in [9.17, 15) is 4.79 Å². The number of aliphatic carboxylic acids is 1. The van der Waals surface area contributed by atoms with E-state index in [1.54, 1.807) is 11.8 Å². The molecule has 2 N–H and O–H groups in total. The molecule has 0 aromatic carbocycles. The van der Waals surface area contributed by atoms with Gasteiger partial charge in [0.2, 0.25) is 0 Å². The summed E-state index contributed by atoms with van der Waals surface area (Å²) in [6, 6.07) is -0.367. The SMILES string of the molecule is CC(C)CC1(C)N[C@H](C(=O)O)CS1. The molecule has 1 aliphatic heterocycles. The van der Waals surface area contributed by atoms with E-state index < -0.39 is 5.97 Å². The molecule has 1 heterocycles. The predicted molar refractivity (Wildman–Crippen MR) is 54.9 cm³/mol. The first-order valence-electron chi connectivity index (χ1n) is 4.57. The first-order valence-corrected chi connectivity index (χ1v) is 5.56. The monoisotopic (exact) mass is 203 g/mol.